The molecule has 0 atom stereocenters. The van der Waals surface area contributed by atoms with Crippen molar-refractivity contribution in [3.05, 3.63) is 29.3 Å². The largest absolute Gasteiger partial charge is 0.682 e. The molecule has 1 aromatic carbocycles. The Morgan fingerprint density at radius 1 is 0.778 bits per heavy atom. The van der Waals surface area contributed by atoms with Crippen LogP contribution in [0.2, 0.25) is 0 Å². The maximum absolute atomic E-state index is 11.8. The molecule has 0 unspecified atom stereocenters. The minimum absolute atomic E-state index is 0.628. The molecule has 1 aromatic rings. The summed E-state index contributed by atoms with van der Waals surface area (Å²) in [5.74, 6) is 0.628. The highest BCUT2D eigenvalue weighted by Crippen LogP contribution is 2.47. The maximum atomic E-state index is 11.8. The molecule has 0 N–H and O–H groups in total. The van der Waals surface area contributed by atoms with E-state index in [2.05, 4.69) is 26.0 Å². The molecule has 0 bridgehead atoms. The van der Waals surface area contributed by atoms with Crippen molar-refractivity contribution in [2.75, 3.05) is 0 Å². The van der Waals surface area contributed by atoms with Crippen molar-refractivity contribution in [2.24, 2.45) is 0 Å². The highest BCUT2D eigenvalue weighted by Gasteiger charge is 2.09. The lowest BCUT2D eigenvalue weighted by Crippen LogP contribution is -2.10. The predicted molar refractivity (Wildman–Crippen MR) is 123 cm³/mol. The quantitative estimate of drug-likeness (QED) is 0.161. The molecule has 0 saturated heterocycles. The summed E-state index contributed by atoms with van der Waals surface area (Å²) in [6, 6.07) is 6.21. The van der Waals surface area contributed by atoms with Crippen LogP contribution in [0.15, 0.2) is 18.2 Å². The van der Waals surface area contributed by atoms with Gasteiger partial charge >= 0.3 is 0 Å². The second-order valence-corrected chi connectivity index (χ2v) is 12.2. The van der Waals surface area contributed by atoms with Crippen LogP contribution in [0, 0.1) is 0 Å². The Morgan fingerprint density at radius 3 is 1.85 bits per heavy atom. The van der Waals surface area contributed by atoms with Crippen molar-refractivity contribution in [3.8, 4) is 5.75 Å². The molecule has 0 radical (unpaired) electrons. The lowest BCUT2D eigenvalue weighted by atomic mass is 9.99. The van der Waals surface area contributed by atoms with Crippen LogP contribution < -0.4 is 9.42 Å². The Morgan fingerprint density at radius 2 is 1.30 bits per heavy atom. The van der Waals surface area contributed by atoms with E-state index in [4.69, 9.17) is 29.0 Å². The van der Waals surface area contributed by atoms with Crippen molar-refractivity contribution in [1.29, 1.82) is 0 Å². The van der Waals surface area contributed by atoms with Crippen LogP contribution in [0.3, 0.4) is 0 Å². The molecule has 0 saturated carbocycles. The van der Waals surface area contributed by atoms with Crippen LogP contribution in [0.5, 0.6) is 5.75 Å². The highest BCUT2D eigenvalue weighted by molar-refractivity contribution is 8.69. The Hall–Kier alpha value is 0.110. The van der Waals surface area contributed by atoms with Gasteiger partial charge in [-0.25, -0.2) is 0 Å². The molecule has 27 heavy (non-hydrogen) atoms. The molecule has 0 amide bonds. The Balaban J connectivity index is 2.56. The van der Waals surface area contributed by atoms with Crippen LogP contribution in [-0.2, 0) is 37.3 Å². The highest BCUT2D eigenvalue weighted by atomic mass is 33.1. The van der Waals surface area contributed by atoms with Gasteiger partial charge in [0, 0.05) is 0 Å². The van der Waals surface area contributed by atoms with E-state index >= 15 is 0 Å². The summed E-state index contributed by atoms with van der Waals surface area (Å²) in [4.78, 5) is 11.8. The maximum Gasteiger partial charge on any atom is 0.170 e. The summed E-state index contributed by atoms with van der Waals surface area (Å²) in [6.07, 6.45) is 14.0. The van der Waals surface area contributed by atoms with Gasteiger partial charge in [0.2, 0.25) is 0 Å². The number of rotatable bonds is 16. The third kappa shape index (κ3) is 13.0. The van der Waals surface area contributed by atoms with Crippen molar-refractivity contribution in [2.45, 2.75) is 104 Å². The molecule has 0 aliphatic carbocycles. The van der Waals surface area contributed by atoms with Crippen LogP contribution in [0.1, 0.15) is 102 Å². The SMILES string of the molecule is CCCCCCCCc1ccc(O[P+]([O-])([S-])[S-])c(CCCCCCCC)c1. The van der Waals surface area contributed by atoms with Gasteiger partial charge in [0.15, 0.2) is 5.75 Å². The van der Waals surface area contributed by atoms with Crippen molar-refractivity contribution < 1.29 is 9.42 Å². The lowest BCUT2D eigenvalue weighted by molar-refractivity contribution is -0.169. The van der Waals surface area contributed by atoms with E-state index in [-0.39, 0.29) is 0 Å². The molecule has 0 aliphatic rings. The van der Waals surface area contributed by atoms with Crippen LogP contribution in [0.4, 0.5) is 0 Å². The average Bonchev–Trinajstić information content (AvgIpc) is 2.61. The van der Waals surface area contributed by atoms with Gasteiger partial charge in [-0.1, -0.05) is 90.2 Å². The van der Waals surface area contributed by atoms with Crippen molar-refractivity contribution in [3.63, 3.8) is 0 Å². The number of unbranched alkanes of at least 4 members (excludes halogenated alkanes) is 10. The molecule has 0 fully saturated rings. The molecule has 0 aromatic heterocycles. The summed E-state index contributed by atoms with van der Waals surface area (Å²) in [7, 11) is 0. The van der Waals surface area contributed by atoms with Gasteiger partial charge in [-0.2, -0.15) is 0 Å². The summed E-state index contributed by atoms with van der Waals surface area (Å²) in [5.41, 5.74) is 2.45. The van der Waals surface area contributed by atoms with E-state index in [1.54, 1.807) is 0 Å². The van der Waals surface area contributed by atoms with Gasteiger partial charge < -0.3 is 33.9 Å². The molecular weight excluding hydrogens is 391 g/mol. The van der Waals surface area contributed by atoms with Crippen molar-refractivity contribution >= 4 is 30.6 Å². The second-order valence-electron chi connectivity index (χ2n) is 7.52. The van der Waals surface area contributed by atoms with E-state index < -0.39 is 6.12 Å². The molecule has 156 valence electrons. The summed E-state index contributed by atoms with van der Waals surface area (Å²) >= 11 is 9.62. The third-order valence-electron chi connectivity index (χ3n) is 4.95. The first kappa shape index (κ1) is 25.1. The first-order valence-electron chi connectivity index (χ1n) is 10.8. The third-order valence-corrected chi connectivity index (χ3v) is 5.82. The van der Waals surface area contributed by atoms with Gasteiger partial charge in [-0.15, -0.1) is 6.12 Å². The molecular formula is C22H37O2PS2-2. The summed E-state index contributed by atoms with van der Waals surface area (Å²) in [6.45, 7) is 4.49. The van der Waals surface area contributed by atoms with E-state index in [1.165, 1.54) is 76.2 Å². The number of benzene rings is 1. The normalized spacial score (nSPS) is 11.7. The molecule has 1 rings (SSSR count). The molecule has 2 nitrogen and oxygen atoms in total. The number of hydrogen-bond acceptors (Lipinski definition) is 4. The minimum atomic E-state index is -3.35. The monoisotopic (exact) mass is 428 g/mol. The fourth-order valence-electron chi connectivity index (χ4n) is 3.40. The summed E-state index contributed by atoms with van der Waals surface area (Å²) < 4.78 is 5.44. The number of aryl methyl sites for hydroxylation is 2. The van der Waals surface area contributed by atoms with Gasteiger partial charge in [-0.05, 0) is 42.9 Å². The summed E-state index contributed by atoms with van der Waals surface area (Å²) in [5, 5.41) is 0. The second kappa shape index (κ2) is 15.0. The van der Waals surface area contributed by atoms with E-state index in [0.717, 1.165) is 24.8 Å². The fraction of sp³-hybridized carbons (Fsp3) is 0.727. The lowest BCUT2D eigenvalue weighted by Gasteiger charge is -2.42. The Labute approximate surface area is 178 Å². The molecule has 0 aliphatic heterocycles. The standard InChI is InChI=1S/C22H39O2PS2/c1-3-5-7-9-11-13-15-20-17-18-22(24-25(23,26)27)21(19-20)16-14-12-10-8-6-4-2/h17-19H,3-16H2,1-2H3,(H2,23,26,27)/p-2. The van der Waals surface area contributed by atoms with E-state index in [0.29, 0.717) is 5.75 Å². The average molecular weight is 429 g/mol. The topological polar surface area (TPSA) is 32.3 Å². The zero-order valence-electron chi connectivity index (χ0n) is 17.2. The molecule has 0 spiro atoms. The zero-order valence-corrected chi connectivity index (χ0v) is 19.7. The fourth-order valence-corrected chi connectivity index (χ4v) is 4.30. The van der Waals surface area contributed by atoms with E-state index in [9.17, 15) is 4.89 Å². The molecule has 5 heteroatoms. The van der Waals surface area contributed by atoms with Gasteiger partial charge in [0.05, 0.1) is 0 Å². The Bertz CT molecular complexity index is 504. The van der Waals surface area contributed by atoms with Crippen LogP contribution >= 0.6 is 6.12 Å². The zero-order chi connectivity index (χ0) is 20.0. The van der Waals surface area contributed by atoms with E-state index in [1.807, 2.05) is 6.07 Å². The van der Waals surface area contributed by atoms with Gasteiger partial charge in [-0.3, -0.25) is 0 Å². The first-order valence-corrected chi connectivity index (χ1v) is 14.4. The smallest absolute Gasteiger partial charge is 0.170 e. The van der Waals surface area contributed by atoms with Crippen molar-refractivity contribution in [1.82, 2.24) is 0 Å². The van der Waals surface area contributed by atoms with Crippen LogP contribution in [0.25, 0.3) is 0 Å². The molecule has 0 heterocycles. The predicted octanol–water partition coefficient (Wildman–Crippen LogP) is 7.00. The van der Waals surface area contributed by atoms with Gasteiger partial charge in [0.1, 0.15) is 0 Å². The minimum Gasteiger partial charge on any atom is -0.682 e. The van der Waals surface area contributed by atoms with Crippen LogP contribution in [-0.4, -0.2) is 0 Å². The Kier molecular flexibility index (Phi) is 14.0. The first-order chi connectivity index (χ1) is 13.0. The van der Waals surface area contributed by atoms with Gasteiger partial charge in [0.25, 0.3) is 0 Å². The number of hydrogen-bond donors (Lipinski definition) is 0.